The molecule has 0 aliphatic heterocycles. The summed E-state index contributed by atoms with van der Waals surface area (Å²) in [6.45, 7) is 2.13. The van der Waals surface area contributed by atoms with Crippen molar-refractivity contribution in [2.24, 2.45) is 0 Å². The van der Waals surface area contributed by atoms with Gasteiger partial charge >= 0.3 is 0 Å². The van der Waals surface area contributed by atoms with E-state index in [9.17, 15) is 4.79 Å². The number of nitrogens with one attached hydrogen (secondary N) is 1. The van der Waals surface area contributed by atoms with Crippen molar-refractivity contribution in [3.8, 4) is 17.0 Å². The number of aromatic nitrogens is 1. The summed E-state index contributed by atoms with van der Waals surface area (Å²) in [5.41, 5.74) is 2.46. The lowest BCUT2D eigenvalue weighted by Crippen LogP contribution is -2.11. The van der Waals surface area contributed by atoms with Crippen molar-refractivity contribution >= 4 is 46.4 Å². The number of halogens is 2. The molecule has 1 N–H and O–H groups in total. The van der Waals surface area contributed by atoms with E-state index < -0.39 is 0 Å². The number of hydrogen-bond donors (Lipinski definition) is 1. The Morgan fingerprint density at radius 1 is 1.15 bits per heavy atom. The molecule has 0 spiro atoms. The minimum Gasteiger partial charge on any atom is -0.497 e. The molecule has 7 heteroatoms. The number of carbonyl (C=O) groups excluding carboxylic acids is 1. The number of rotatable bonds is 6. The average Bonchev–Trinajstić information content (AvgIpc) is 3.05. The molecule has 27 heavy (non-hydrogen) atoms. The minimum absolute atomic E-state index is 0. The third kappa shape index (κ3) is 5.22. The van der Waals surface area contributed by atoms with Crippen LogP contribution in [0.2, 0.25) is 5.02 Å². The average molecular weight is 423 g/mol. The lowest BCUT2D eigenvalue weighted by molar-refractivity contribution is 0.102. The van der Waals surface area contributed by atoms with Gasteiger partial charge in [-0.3, -0.25) is 10.1 Å². The van der Waals surface area contributed by atoms with Crippen molar-refractivity contribution in [3.63, 3.8) is 0 Å². The second kappa shape index (κ2) is 9.74. The van der Waals surface area contributed by atoms with Gasteiger partial charge in [-0.25, -0.2) is 4.98 Å². The molecule has 0 radical (unpaired) electrons. The predicted molar refractivity (Wildman–Crippen MR) is 115 cm³/mol. The number of ether oxygens (including phenoxy) is 1. The summed E-state index contributed by atoms with van der Waals surface area (Å²) in [5, 5.41) is 4.18. The molecule has 0 saturated heterocycles. The zero-order valence-corrected chi connectivity index (χ0v) is 17.4. The molecule has 3 aromatic rings. The summed E-state index contributed by atoms with van der Waals surface area (Å²) in [4.78, 5) is 18.3. The van der Waals surface area contributed by atoms with E-state index in [0.717, 1.165) is 29.0 Å². The molecule has 1 amide bonds. The van der Waals surface area contributed by atoms with Crippen LogP contribution in [-0.4, -0.2) is 18.0 Å². The van der Waals surface area contributed by atoms with E-state index in [-0.39, 0.29) is 18.3 Å². The Morgan fingerprint density at radius 2 is 1.81 bits per heavy atom. The number of amides is 1. The van der Waals surface area contributed by atoms with Gasteiger partial charge in [0.15, 0.2) is 5.13 Å². The third-order valence-electron chi connectivity index (χ3n) is 3.86. The number of thiazole rings is 1. The van der Waals surface area contributed by atoms with E-state index in [1.54, 1.807) is 31.4 Å². The second-order valence-electron chi connectivity index (χ2n) is 5.73. The maximum Gasteiger partial charge on any atom is 0.257 e. The molecular formula is C20H20Cl2N2O2S. The summed E-state index contributed by atoms with van der Waals surface area (Å²) in [7, 11) is 1.60. The molecule has 0 aliphatic carbocycles. The van der Waals surface area contributed by atoms with Gasteiger partial charge in [0, 0.05) is 21.0 Å². The molecule has 0 saturated carbocycles. The van der Waals surface area contributed by atoms with Crippen molar-refractivity contribution in [2.75, 3.05) is 12.4 Å². The Hall–Kier alpha value is -2.08. The lowest BCUT2D eigenvalue weighted by Gasteiger charge is -2.03. The van der Waals surface area contributed by atoms with Crippen LogP contribution < -0.4 is 10.1 Å². The highest BCUT2D eigenvalue weighted by molar-refractivity contribution is 7.16. The fourth-order valence-electron chi connectivity index (χ4n) is 2.55. The number of aryl methyl sites for hydroxylation is 1. The minimum atomic E-state index is -0.188. The zero-order valence-electron chi connectivity index (χ0n) is 15.0. The van der Waals surface area contributed by atoms with Gasteiger partial charge < -0.3 is 4.74 Å². The van der Waals surface area contributed by atoms with Gasteiger partial charge in [-0.2, -0.15) is 0 Å². The van der Waals surface area contributed by atoms with Gasteiger partial charge in [-0.1, -0.05) is 37.1 Å². The van der Waals surface area contributed by atoms with E-state index in [2.05, 4.69) is 17.2 Å². The summed E-state index contributed by atoms with van der Waals surface area (Å²) in [6.07, 6.45) is 1.92. The number of methoxy groups -OCH3 is 1. The van der Waals surface area contributed by atoms with Crippen molar-refractivity contribution in [3.05, 3.63) is 64.0 Å². The first kappa shape index (κ1) is 21.2. The smallest absolute Gasteiger partial charge is 0.257 e. The molecule has 2 aromatic carbocycles. The van der Waals surface area contributed by atoms with E-state index in [4.69, 9.17) is 16.3 Å². The molecule has 0 fully saturated rings. The molecule has 0 unspecified atom stereocenters. The predicted octanol–water partition coefficient (Wildman–Crippen LogP) is 6.10. The Morgan fingerprint density at radius 3 is 2.41 bits per heavy atom. The molecular weight excluding hydrogens is 403 g/mol. The molecule has 1 aromatic heterocycles. The van der Waals surface area contributed by atoms with Gasteiger partial charge in [-0.15, -0.1) is 23.7 Å². The fraction of sp³-hybridized carbons (Fsp3) is 0.200. The Kier molecular flexibility index (Phi) is 7.66. The van der Waals surface area contributed by atoms with E-state index in [1.165, 1.54) is 11.3 Å². The first-order valence-corrected chi connectivity index (χ1v) is 9.51. The molecule has 0 atom stereocenters. The largest absolute Gasteiger partial charge is 0.497 e. The van der Waals surface area contributed by atoms with Gasteiger partial charge in [-0.05, 0) is 42.8 Å². The summed E-state index contributed by atoms with van der Waals surface area (Å²) in [5.74, 6) is 0.526. The number of anilines is 1. The number of carbonyl (C=O) groups is 1. The molecule has 142 valence electrons. The third-order valence-corrected chi connectivity index (χ3v) is 5.15. The fourth-order valence-corrected chi connectivity index (χ4v) is 3.75. The van der Waals surface area contributed by atoms with Crippen molar-refractivity contribution in [2.45, 2.75) is 19.8 Å². The van der Waals surface area contributed by atoms with Crippen LogP contribution in [0.1, 0.15) is 28.6 Å². The second-order valence-corrected chi connectivity index (χ2v) is 7.25. The molecule has 4 nitrogen and oxygen atoms in total. The first-order chi connectivity index (χ1) is 12.6. The highest BCUT2D eigenvalue weighted by Crippen LogP contribution is 2.33. The van der Waals surface area contributed by atoms with E-state index >= 15 is 0 Å². The summed E-state index contributed by atoms with van der Waals surface area (Å²) < 4.78 is 5.12. The van der Waals surface area contributed by atoms with E-state index in [0.29, 0.717) is 21.5 Å². The quantitative estimate of drug-likeness (QED) is 0.521. The van der Waals surface area contributed by atoms with Crippen LogP contribution in [0.5, 0.6) is 5.75 Å². The maximum absolute atomic E-state index is 12.5. The molecule has 0 aliphatic rings. The first-order valence-electron chi connectivity index (χ1n) is 8.31. The maximum atomic E-state index is 12.5. The normalized spacial score (nSPS) is 10.2. The van der Waals surface area contributed by atoms with Crippen LogP contribution in [0, 0.1) is 0 Å². The highest BCUT2D eigenvalue weighted by atomic mass is 35.5. The Balaban J connectivity index is 0.00000261. The van der Waals surface area contributed by atoms with Crippen LogP contribution in [0.25, 0.3) is 11.3 Å². The van der Waals surface area contributed by atoms with Gasteiger partial charge in [0.2, 0.25) is 0 Å². The van der Waals surface area contributed by atoms with E-state index in [1.807, 2.05) is 24.3 Å². The Labute approximate surface area is 174 Å². The van der Waals surface area contributed by atoms with Crippen LogP contribution in [0.4, 0.5) is 5.13 Å². The van der Waals surface area contributed by atoms with Crippen LogP contribution in [0.15, 0.2) is 48.5 Å². The van der Waals surface area contributed by atoms with Crippen LogP contribution in [-0.2, 0) is 6.42 Å². The Bertz CT molecular complexity index is 893. The monoisotopic (exact) mass is 422 g/mol. The SMILES string of the molecule is CCCc1sc(NC(=O)c2ccc(OC)cc2)nc1-c1ccc(Cl)cc1.Cl. The molecule has 3 rings (SSSR count). The topological polar surface area (TPSA) is 51.2 Å². The van der Waals surface area contributed by atoms with Gasteiger partial charge in [0.05, 0.1) is 12.8 Å². The van der Waals surface area contributed by atoms with Crippen LogP contribution >= 0.6 is 35.3 Å². The number of nitrogens with zero attached hydrogens (tertiary/aromatic N) is 1. The number of benzene rings is 2. The zero-order chi connectivity index (χ0) is 18.5. The molecule has 0 bridgehead atoms. The lowest BCUT2D eigenvalue weighted by atomic mass is 10.1. The van der Waals surface area contributed by atoms with Crippen LogP contribution in [0.3, 0.4) is 0 Å². The summed E-state index contributed by atoms with van der Waals surface area (Å²) in [6, 6.07) is 14.6. The standard InChI is InChI=1S/C20H19ClN2O2S.ClH/c1-3-4-17-18(13-5-9-15(21)10-6-13)22-20(26-17)23-19(24)14-7-11-16(25-2)12-8-14;/h5-12H,3-4H2,1-2H3,(H,22,23,24);1H. The van der Waals surface area contributed by atoms with Crippen molar-refractivity contribution in [1.82, 2.24) is 4.98 Å². The van der Waals surface area contributed by atoms with Crippen molar-refractivity contribution < 1.29 is 9.53 Å². The van der Waals surface area contributed by atoms with Gasteiger partial charge in [0.25, 0.3) is 5.91 Å². The van der Waals surface area contributed by atoms with Crippen molar-refractivity contribution in [1.29, 1.82) is 0 Å². The van der Waals surface area contributed by atoms with Gasteiger partial charge in [0.1, 0.15) is 5.75 Å². The number of hydrogen-bond acceptors (Lipinski definition) is 4. The summed E-state index contributed by atoms with van der Waals surface area (Å²) >= 11 is 7.49. The molecule has 1 heterocycles. The highest BCUT2D eigenvalue weighted by Gasteiger charge is 2.15.